The SMILES string of the molecule is CC(C)(O)C(C)(C)O[B]c1ccc2c(c1)oc1cc3sccc3cc12. The van der Waals surface area contributed by atoms with Crippen molar-refractivity contribution in [2.45, 2.75) is 38.9 Å². The van der Waals surface area contributed by atoms with Gasteiger partial charge in [-0.3, -0.25) is 0 Å². The van der Waals surface area contributed by atoms with E-state index in [1.54, 1.807) is 32.7 Å². The van der Waals surface area contributed by atoms with Crippen LogP contribution in [0.5, 0.6) is 0 Å². The van der Waals surface area contributed by atoms with Gasteiger partial charge in [0.05, 0.1) is 11.2 Å². The zero-order valence-corrected chi connectivity index (χ0v) is 15.6. The molecule has 5 heteroatoms. The van der Waals surface area contributed by atoms with Crippen LogP contribution in [0.15, 0.2) is 46.2 Å². The Morgan fingerprint density at radius 2 is 1.76 bits per heavy atom. The molecule has 0 unspecified atom stereocenters. The molecular formula is C20H20BO3S. The minimum atomic E-state index is -0.946. The van der Waals surface area contributed by atoms with Crippen molar-refractivity contribution in [3.05, 3.63) is 41.8 Å². The first kappa shape index (κ1) is 16.6. The van der Waals surface area contributed by atoms with Crippen molar-refractivity contribution >= 4 is 56.3 Å². The zero-order chi connectivity index (χ0) is 17.8. The van der Waals surface area contributed by atoms with Crippen molar-refractivity contribution in [3.8, 4) is 0 Å². The molecule has 0 saturated heterocycles. The summed E-state index contributed by atoms with van der Waals surface area (Å²) in [5, 5.41) is 15.8. The maximum Gasteiger partial charge on any atom is 0.331 e. The summed E-state index contributed by atoms with van der Waals surface area (Å²) in [5.41, 5.74) is 1.01. The standard InChI is InChI=1S/C20H20BO3S/c1-19(2,22)20(3,4)24-21-13-5-6-14-15-9-12-7-8-25-18(12)11-17(15)23-16(14)10-13/h5-11,22H,1-4H3. The summed E-state index contributed by atoms with van der Waals surface area (Å²) in [6, 6.07) is 12.5. The molecule has 4 rings (SSSR count). The summed E-state index contributed by atoms with van der Waals surface area (Å²) in [5.74, 6) is 0. The maximum absolute atomic E-state index is 10.2. The number of thiophene rings is 1. The first-order chi connectivity index (χ1) is 11.7. The fraction of sp³-hybridized carbons (Fsp3) is 0.300. The fourth-order valence-electron chi connectivity index (χ4n) is 2.68. The van der Waals surface area contributed by atoms with Crippen LogP contribution >= 0.6 is 11.3 Å². The number of hydrogen-bond acceptors (Lipinski definition) is 4. The molecule has 2 aromatic heterocycles. The highest BCUT2D eigenvalue weighted by molar-refractivity contribution is 7.17. The second kappa shape index (κ2) is 5.59. The Hall–Kier alpha value is -1.82. The van der Waals surface area contributed by atoms with Crippen LogP contribution in [0.3, 0.4) is 0 Å². The number of aliphatic hydroxyl groups is 1. The van der Waals surface area contributed by atoms with E-state index in [2.05, 4.69) is 29.6 Å². The summed E-state index contributed by atoms with van der Waals surface area (Å²) in [7, 11) is 1.68. The van der Waals surface area contributed by atoms with Crippen molar-refractivity contribution < 1.29 is 14.2 Å². The Balaban J connectivity index is 1.69. The Morgan fingerprint density at radius 3 is 2.52 bits per heavy atom. The lowest BCUT2D eigenvalue weighted by Crippen LogP contribution is -2.49. The lowest BCUT2D eigenvalue weighted by molar-refractivity contribution is -0.0893. The minimum Gasteiger partial charge on any atom is -0.456 e. The summed E-state index contributed by atoms with van der Waals surface area (Å²) < 4.78 is 13.1. The quantitative estimate of drug-likeness (QED) is 0.546. The normalized spacial score (nSPS) is 13.2. The fourth-order valence-corrected chi connectivity index (χ4v) is 3.48. The van der Waals surface area contributed by atoms with Gasteiger partial charge < -0.3 is 14.2 Å². The number of rotatable bonds is 4. The summed E-state index contributed by atoms with van der Waals surface area (Å²) in [6.07, 6.45) is 0. The third-order valence-corrected chi connectivity index (χ3v) is 5.91. The first-order valence-electron chi connectivity index (χ1n) is 8.31. The predicted molar refractivity (Wildman–Crippen MR) is 106 cm³/mol. The number of furan rings is 1. The molecule has 1 radical (unpaired) electrons. The van der Waals surface area contributed by atoms with Gasteiger partial charge in [-0.15, -0.1) is 11.3 Å². The summed E-state index contributed by atoms with van der Waals surface area (Å²) in [4.78, 5) is 0. The molecule has 1 N–H and O–H groups in total. The van der Waals surface area contributed by atoms with E-state index in [4.69, 9.17) is 9.07 Å². The molecule has 0 aliphatic rings. The van der Waals surface area contributed by atoms with Crippen molar-refractivity contribution in [2.75, 3.05) is 0 Å². The third kappa shape index (κ3) is 2.86. The van der Waals surface area contributed by atoms with E-state index in [0.29, 0.717) is 0 Å². The molecule has 2 aromatic carbocycles. The smallest absolute Gasteiger partial charge is 0.331 e. The Kier molecular flexibility index (Phi) is 3.72. The van der Waals surface area contributed by atoms with Crippen LogP contribution in [0.1, 0.15) is 27.7 Å². The Morgan fingerprint density at radius 1 is 1.00 bits per heavy atom. The third-order valence-electron chi connectivity index (χ3n) is 5.03. The lowest BCUT2D eigenvalue weighted by Gasteiger charge is -2.37. The monoisotopic (exact) mass is 351 g/mol. The lowest BCUT2D eigenvalue weighted by atomic mass is 9.82. The second-order valence-corrected chi connectivity index (χ2v) is 8.42. The van der Waals surface area contributed by atoms with Crippen molar-refractivity contribution in [2.24, 2.45) is 0 Å². The van der Waals surface area contributed by atoms with E-state index >= 15 is 0 Å². The topological polar surface area (TPSA) is 42.6 Å². The van der Waals surface area contributed by atoms with Crippen LogP contribution < -0.4 is 5.46 Å². The van der Waals surface area contributed by atoms with Gasteiger partial charge in [0.15, 0.2) is 0 Å². The summed E-state index contributed by atoms with van der Waals surface area (Å²) >= 11 is 1.72. The molecule has 0 bridgehead atoms. The van der Waals surface area contributed by atoms with Gasteiger partial charge in [-0.25, -0.2) is 0 Å². The molecule has 4 aromatic rings. The van der Waals surface area contributed by atoms with E-state index in [0.717, 1.165) is 27.4 Å². The number of hydrogen-bond donors (Lipinski definition) is 1. The van der Waals surface area contributed by atoms with Gasteiger partial charge in [-0.05, 0) is 68.2 Å². The van der Waals surface area contributed by atoms with Gasteiger partial charge in [-0.2, -0.15) is 0 Å². The van der Waals surface area contributed by atoms with Gasteiger partial charge in [0, 0.05) is 15.5 Å². The average molecular weight is 351 g/mol. The molecule has 0 fully saturated rings. The molecular weight excluding hydrogens is 331 g/mol. The largest absolute Gasteiger partial charge is 0.456 e. The first-order valence-corrected chi connectivity index (χ1v) is 9.19. The second-order valence-electron chi connectivity index (χ2n) is 7.47. The molecule has 0 spiro atoms. The van der Waals surface area contributed by atoms with Gasteiger partial charge in [0.25, 0.3) is 0 Å². The average Bonchev–Trinajstić information content (AvgIpc) is 3.12. The molecule has 0 atom stereocenters. The van der Waals surface area contributed by atoms with Crippen LogP contribution in [-0.2, 0) is 4.65 Å². The van der Waals surface area contributed by atoms with E-state index < -0.39 is 11.2 Å². The van der Waals surface area contributed by atoms with Crippen LogP contribution in [0, 0.1) is 0 Å². The van der Waals surface area contributed by atoms with Crippen molar-refractivity contribution in [3.63, 3.8) is 0 Å². The molecule has 0 amide bonds. The molecule has 127 valence electrons. The molecule has 3 nitrogen and oxygen atoms in total. The molecule has 0 aliphatic carbocycles. The van der Waals surface area contributed by atoms with E-state index in [-0.39, 0.29) is 0 Å². The van der Waals surface area contributed by atoms with Gasteiger partial charge in [-0.1, -0.05) is 12.1 Å². The van der Waals surface area contributed by atoms with Gasteiger partial charge in [0.1, 0.15) is 11.2 Å². The molecule has 0 saturated carbocycles. The van der Waals surface area contributed by atoms with Crippen molar-refractivity contribution in [1.82, 2.24) is 0 Å². The number of benzene rings is 2. The molecule has 25 heavy (non-hydrogen) atoms. The van der Waals surface area contributed by atoms with Crippen LogP contribution in [0.25, 0.3) is 32.0 Å². The minimum absolute atomic E-state index is 0.694. The van der Waals surface area contributed by atoms with Crippen molar-refractivity contribution in [1.29, 1.82) is 0 Å². The van der Waals surface area contributed by atoms with E-state index in [1.807, 2.05) is 26.0 Å². The highest BCUT2D eigenvalue weighted by atomic mass is 32.1. The molecule has 2 heterocycles. The van der Waals surface area contributed by atoms with Crippen LogP contribution in [0.4, 0.5) is 0 Å². The Bertz CT molecular complexity index is 1070. The highest BCUT2D eigenvalue weighted by Crippen LogP contribution is 2.33. The number of fused-ring (bicyclic) bond motifs is 4. The zero-order valence-electron chi connectivity index (χ0n) is 14.8. The van der Waals surface area contributed by atoms with E-state index in [1.165, 1.54) is 10.1 Å². The highest BCUT2D eigenvalue weighted by Gasteiger charge is 2.35. The maximum atomic E-state index is 10.2. The summed E-state index contributed by atoms with van der Waals surface area (Å²) in [6.45, 7) is 7.23. The van der Waals surface area contributed by atoms with Gasteiger partial charge in [0.2, 0.25) is 0 Å². The van der Waals surface area contributed by atoms with Crippen LogP contribution in [-0.4, -0.2) is 23.8 Å². The van der Waals surface area contributed by atoms with Crippen LogP contribution in [0.2, 0.25) is 0 Å². The van der Waals surface area contributed by atoms with Gasteiger partial charge >= 0.3 is 7.48 Å². The predicted octanol–water partition coefficient (Wildman–Crippen LogP) is 4.61. The molecule has 0 aliphatic heterocycles. The van der Waals surface area contributed by atoms with E-state index in [9.17, 15) is 5.11 Å². The Labute approximate surface area is 151 Å².